The van der Waals surface area contributed by atoms with Crippen molar-refractivity contribution in [2.75, 3.05) is 12.4 Å². The fourth-order valence-electron chi connectivity index (χ4n) is 1.79. The van der Waals surface area contributed by atoms with E-state index in [4.69, 9.17) is 16.3 Å². The SMILES string of the molecule is COC(=O)c1ccc(Cl)cc1NC(C)c1ccc(Br)s1. The Hall–Kier alpha value is -1.04. The maximum Gasteiger partial charge on any atom is 0.339 e. The molecule has 0 saturated heterocycles. The van der Waals surface area contributed by atoms with E-state index in [1.54, 1.807) is 29.5 Å². The Balaban J connectivity index is 2.28. The van der Waals surface area contributed by atoms with E-state index in [2.05, 4.69) is 21.2 Å². The Morgan fingerprint density at radius 1 is 1.40 bits per heavy atom. The normalized spacial score (nSPS) is 12.0. The summed E-state index contributed by atoms with van der Waals surface area (Å²) in [5.41, 5.74) is 1.14. The van der Waals surface area contributed by atoms with Gasteiger partial charge in [-0.2, -0.15) is 0 Å². The van der Waals surface area contributed by atoms with Crippen LogP contribution >= 0.6 is 38.9 Å². The van der Waals surface area contributed by atoms with Gasteiger partial charge in [0.05, 0.1) is 28.2 Å². The molecule has 1 aromatic heterocycles. The van der Waals surface area contributed by atoms with Crippen molar-refractivity contribution in [2.45, 2.75) is 13.0 Å². The summed E-state index contributed by atoms with van der Waals surface area (Å²) in [6, 6.07) is 9.16. The van der Waals surface area contributed by atoms with Crippen LogP contribution < -0.4 is 5.32 Å². The van der Waals surface area contributed by atoms with Crippen molar-refractivity contribution >= 4 is 50.5 Å². The second-order valence-electron chi connectivity index (χ2n) is 4.19. The van der Waals surface area contributed by atoms with Crippen LogP contribution in [-0.4, -0.2) is 13.1 Å². The number of methoxy groups -OCH3 is 1. The molecule has 106 valence electrons. The summed E-state index contributed by atoms with van der Waals surface area (Å²) in [6.07, 6.45) is 0. The molecule has 0 saturated carbocycles. The van der Waals surface area contributed by atoms with Gasteiger partial charge >= 0.3 is 5.97 Å². The molecule has 2 aromatic rings. The van der Waals surface area contributed by atoms with Crippen molar-refractivity contribution in [3.8, 4) is 0 Å². The molecule has 0 fully saturated rings. The van der Waals surface area contributed by atoms with E-state index in [0.29, 0.717) is 16.3 Å². The van der Waals surface area contributed by atoms with Crippen molar-refractivity contribution < 1.29 is 9.53 Å². The predicted molar refractivity (Wildman–Crippen MR) is 86.8 cm³/mol. The van der Waals surface area contributed by atoms with Crippen LogP contribution in [0, 0.1) is 0 Å². The molecule has 0 aliphatic heterocycles. The number of rotatable bonds is 4. The summed E-state index contributed by atoms with van der Waals surface area (Å²) in [5, 5.41) is 3.87. The number of nitrogens with one attached hydrogen (secondary N) is 1. The van der Waals surface area contributed by atoms with Gasteiger partial charge in [-0.15, -0.1) is 11.3 Å². The number of esters is 1. The van der Waals surface area contributed by atoms with Gasteiger partial charge in [0.2, 0.25) is 0 Å². The number of hydrogen-bond acceptors (Lipinski definition) is 4. The quantitative estimate of drug-likeness (QED) is 0.754. The number of benzene rings is 1. The standard InChI is InChI=1S/C14H13BrClNO2S/c1-8(12-5-6-13(15)20-12)17-11-7-9(16)3-4-10(11)14(18)19-2/h3-8,17H,1-2H3. The Bertz CT molecular complexity index is 629. The zero-order chi connectivity index (χ0) is 14.7. The first-order valence-corrected chi connectivity index (χ1v) is 7.89. The molecule has 0 spiro atoms. The number of thiophene rings is 1. The van der Waals surface area contributed by atoms with Gasteiger partial charge < -0.3 is 10.1 Å². The molecule has 3 nitrogen and oxygen atoms in total. The third-order valence-electron chi connectivity index (χ3n) is 2.78. The van der Waals surface area contributed by atoms with E-state index in [0.717, 1.165) is 8.66 Å². The van der Waals surface area contributed by atoms with Gasteiger partial charge in [0.15, 0.2) is 0 Å². The van der Waals surface area contributed by atoms with Crippen LogP contribution in [0.5, 0.6) is 0 Å². The summed E-state index contributed by atoms with van der Waals surface area (Å²) >= 11 is 11.1. The van der Waals surface area contributed by atoms with Crippen LogP contribution in [0.4, 0.5) is 5.69 Å². The van der Waals surface area contributed by atoms with Crippen LogP contribution in [0.15, 0.2) is 34.1 Å². The van der Waals surface area contributed by atoms with E-state index in [1.165, 1.54) is 7.11 Å². The molecule has 0 aliphatic rings. The minimum absolute atomic E-state index is 0.0631. The predicted octanol–water partition coefficient (Wildman–Crippen LogP) is 5.12. The molecule has 1 unspecified atom stereocenters. The van der Waals surface area contributed by atoms with E-state index < -0.39 is 0 Å². The van der Waals surface area contributed by atoms with Crippen LogP contribution in [0.3, 0.4) is 0 Å². The lowest BCUT2D eigenvalue weighted by Crippen LogP contribution is -2.11. The topological polar surface area (TPSA) is 38.3 Å². The van der Waals surface area contributed by atoms with Crippen molar-refractivity contribution in [3.05, 3.63) is 49.6 Å². The highest BCUT2D eigenvalue weighted by molar-refractivity contribution is 9.11. The van der Waals surface area contributed by atoms with Crippen LogP contribution in [0.2, 0.25) is 5.02 Å². The Labute approximate surface area is 135 Å². The largest absolute Gasteiger partial charge is 0.465 e. The minimum Gasteiger partial charge on any atom is -0.465 e. The molecule has 20 heavy (non-hydrogen) atoms. The number of hydrogen-bond donors (Lipinski definition) is 1. The van der Waals surface area contributed by atoms with Crippen molar-refractivity contribution in [1.82, 2.24) is 0 Å². The molecule has 1 heterocycles. The highest BCUT2D eigenvalue weighted by Crippen LogP contribution is 2.31. The minimum atomic E-state index is -0.385. The molecule has 2 rings (SSSR count). The molecule has 1 atom stereocenters. The zero-order valence-electron chi connectivity index (χ0n) is 10.9. The summed E-state index contributed by atoms with van der Waals surface area (Å²) in [4.78, 5) is 12.9. The first-order chi connectivity index (χ1) is 9.51. The van der Waals surface area contributed by atoms with Gasteiger partial charge in [-0.05, 0) is 53.2 Å². The highest BCUT2D eigenvalue weighted by Gasteiger charge is 2.15. The first-order valence-electron chi connectivity index (χ1n) is 5.91. The van der Waals surface area contributed by atoms with Crippen molar-refractivity contribution in [2.24, 2.45) is 0 Å². The lowest BCUT2D eigenvalue weighted by molar-refractivity contribution is 0.0602. The fourth-order valence-corrected chi connectivity index (χ4v) is 3.39. The molecule has 1 N–H and O–H groups in total. The number of carbonyl (C=O) groups excluding carboxylic acids is 1. The lowest BCUT2D eigenvalue weighted by Gasteiger charge is -2.16. The van der Waals surface area contributed by atoms with Gasteiger partial charge in [0, 0.05) is 9.90 Å². The smallest absolute Gasteiger partial charge is 0.339 e. The van der Waals surface area contributed by atoms with Gasteiger partial charge in [-0.3, -0.25) is 0 Å². The summed E-state index contributed by atoms with van der Waals surface area (Å²) in [7, 11) is 1.36. The van der Waals surface area contributed by atoms with Crippen LogP contribution in [0.1, 0.15) is 28.2 Å². The van der Waals surface area contributed by atoms with Gasteiger partial charge in [-0.25, -0.2) is 4.79 Å². The van der Waals surface area contributed by atoms with Crippen LogP contribution in [0.25, 0.3) is 0 Å². The van der Waals surface area contributed by atoms with Crippen LogP contribution in [-0.2, 0) is 4.74 Å². The number of carbonyl (C=O) groups is 1. The Morgan fingerprint density at radius 3 is 2.75 bits per heavy atom. The third-order valence-corrected chi connectivity index (χ3v) is 4.82. The highest BCUT2D eigenvalue weighted by atomic mass is 79.9. The number of anilines is 1. The number of halogens is 2. The summed E-state index contributed by atoms with van der Waals surface area (Å²) < 4.78 is 5.85. The first kappa shape index (κ1) is 15.4. The molecular formula is C14H13BrClNO2S. The molecule has 1 aromatic carbocycles. The molecule has 0 radical (unpaired) electrons. The van der Waals surface area contributed by atoms with E-state index in [9.17, 15) is 4.79 Å². The average Bonchev–Trinajstić information content (AvgIpc) is 2.85. The molecular weight excluding hydrogens is 362 g/mol. The average molecular weight is 375 g/mol. The molecule has 0 bridgehead atoms. The number of ether oxygens (including phenoxy) is 1. The second-order valence-corrected chi connectivity index (χ2v) is 7.12. The monoisotopic (exact) mass is 373 g/mol. The van der Waals surface area contributed by atoms with Gasteiger partial charge in [0.25, 0.3) is 0 Å². The maximum atomic E-state index is 11.8. The van der Waals surface area contributed by atoms with Crippen molar-refractivity contribution in [1.29, 1.82) is 0 Å². The van der Waals surface area contributed by atoms with Gasteiger partial charge in [-0.1, -0.05) is 11.6 Å². The van der Waals surface area contributed by atoms with E-state index in [1.807, 2.05) is 19.1 Å². The fraction of sp³-hybridized carbons (Fsp3) is 0.214. The maximum absolute atomic E-state index is 11.8. The summed E-state index contributed by atoms with van der Waals surface area (Å²) in [6.45, 7) is 2.03. The second kappa shape index (κ2) is 6.61. The van der Waals surface area contributed by atoms with E-state index >= 15 is 0 Å². The summed E-state index contributed by atoms with van der Waals surface area (Å²) in [5.74, 6) is -0.385. The van der Waals surface area contributed by atoms with Gasteiger partial charge in [0.1, 0.15) is 0 Å². The molecule has 0 aliphatic carbocycles. The zero-order valence-corrected chi connectivity index (χ0v) is 14.1. The Kier molecular flexibility index (Phi) is 5.07. The molecule has 6 heteroatoms. The van der Waals surface area contributed by atoms with Crippen molar-refractivity contribution in [3.63, 3.8) is 0 Å². The third kappa shape index (κ3) is 3.53. The Morgan fingerprint density at radius 2 is 2.15 bits per heavy atom. The molecule has 0 amide bonds. The van der Waals surface area contributed by atoms with E-state index in [-0.39, 0.29) is 12.0 Å². The lowest BCUT2D eigenvalue weighted by atomic mass is 10.1.